The van der Waals surface area contributed by atoms with Crippen LogP contribution >= 0.6 is 12.6 Å². The van der Waals surface area contributed by atoms with Crippen LogP contribution in [0.3, 0.4) is 0 Å². The van der Waals surface area contributed by atoms with E-state index in [1.807, 2.05) is 0 Å². The highest BCUT2D eigenvalue weighted by molar-refractivity contribution is 7.81. The third-order valence-corrected chi connectivity index (χ3v) is 1.76. The first kappa shape index (κ1) is 11.0. The van der Waals surface area contributed by atoms with Crippen LogP contribution in [0.5, 0.6) is 0 Å². The second-order valence-corrected chi connectivity index (χ2v) is 4.09. The molecule has 0 amide bonds. The second-order valence-electron chi connectivity index (χ2n) is 3.31. The van der Waals surface area contributed by atoms with Gasteiger partial charge in [0.2, 0.25) is 0 Å². The van der Waals surface area contributed by atoms with Gasteiger partial charge in [0.15, 0.2) is 5.78 Å². The minimum atomic E-state index is -0.331. The van der Waals surface area contributed by atoms with E-state index in [0.29, 0.717) is 5.92 Å². The Hall–Kier alpha value is -0.0200. The number of thiol groups is 1. The van der Waals surface area contributed by atoms with Crippen LogP contribution in [0.15, 0.2) is 0 Å². The summed E-state index contributed by atoms with van der Waals surface area (Å²) in [4.78, 5) is 11.2. The lowest BCUT2D eigenvalue weighted by molar-refractivity contribution is -0.119. The van der Waals surface area contributed by atoms with Gasteiger partial charge in [0.25, 0.3) is 0 Å². The van der Waals surface area contributed by atoms with Gasteiger partial charge in [0.1, 0.15) is 0 Å². The molecule has 2 nitrogen and oxygen atoms in total. The average Bonchev–Trinajstić information content (AvgIpc) is 1.84. The molecule has 0 rings (SSSR count). The van der Waals surface area contributed by atoms with Gasteiger partial charge in [-0.2, -0.15) is 12.6 Å². The smallest absolute Gasteiger partial charge is 0.161 e. The molecule has 2 atom stereocenters. The van der Waals surface area contributed by atoms with Crippen molar-refractivity contribution >= 4 is 18.4 Å². The van der Waals surface area contributed by atoms with E-state index in [-0.39, 0.29) is 17.1 Å². The molecule has 0 aromatic heterocycles. The van der Waals surface area contributed by atoms with Crippen LogP contribution in [0.4, 0.5) is 0 Å². The highest BCUT2D eigenvalue weighted by Crippen LogP contribution is 2.07. The number of rotatable bonds is 4. The quantitative estimate of drug-likeness (QED) is 0.631. The van der Waals surface area contributed by atoms with Crippen LogP contribution in [0.1, 0.15) is 27.2 Å². The summed E-state index contributed by atoms with van der Waals surface area (Å²) in [5, 5.41) is -0.233. The molecule has 0 aliphatic rings. The molecule has 0 aromatic rings. The molecule has 0 aliphatic heterocycles. The molecule has 0 aromatic carbocycles. The Balaban J connectivity index is 3.83. The minimum absolute atomic E-state index is 0.0435. The number of ketones is 1. The number of Topliss-reactive ketones (excluding diaryl/α,β-unsaturated/α-hetero) is 1. The number of hydrogen-bond donors (Lipinski definition) is 2. The molecule has 0 saturated carbocycles. The summed E-state index contributed by atoms with van der Waals surface area (Å²) in [6.07, 6.45) is 0.754. The van der Waals surface area contributed by atoms with Crippen LogP contribution in [0.2, 0.25) is 0 Å². The molecule has 3 heteroatoms. The summed E-state index contributed by atoms with van der Waals surface area (Å²) in [6, 6.07) is -0.331. The van der Waals surface area contributed by atoms with E-state index in [4.69, 9.17) is 5.73 Å². The Morgan fingerprint density at radius 2 is 1.91 bits per heavy atom. The largest absolute Gasteiger partial charge is 0.321 e. The maximum absolute atomic E-state index is 11.2. The minimum Gasteiger partial charge on any atom is -0.321 e. The van der Waals surface area contributed by atoms with E-state index < -0.39 is 0 Å². The van der Waals surface area contributed by atoms with Crippen LogP contribution < -0.4 is 5.73 Å². The summed E-state index contributed by atoms with van der Waals surface area (Å²) in [5.74, 6) is 0.517. The number of carbonyl (C=O) groups excluding carboxylic acids is 1. The maximum atomic E-state index is 11.2. The highest BCUT2D eigenvalue weighted by atomic mass is 32.1. The summed E-state index contributed by atoms with van der Waals surface area (Å²) >= 11 is 4.03. The standard InChI is InChI=1S/C8H17NOS/c1-5(2)4-7(9)8(10)6(3)11/h5-7,11H,4,9H2,1-3H3/t6?,7-/m1/s1. The van der Waals surface area contributed by atoms with E-state index >= 15 is 0 Å². The summed E-state index contributed by atoms with van der Waals surface area (Å²) in [6.45, 7) is 5.86. The van der Waals surface area contributed by atoms with Crippen molar-refractivity contribution in [2.45, 2.75) is 38.5 Å². The molecule has 0 radical (unpaired) electrons. The molecular weight excluding hydrogens is 158 g/mol. The molecule has 11 heavy (non-hydrogen) atoms. The van der Waals surface area contributed by atoms with E-state index in [9.17, 15) is 4.79 Å². The lowest BCUT2D eigenvalue weighted by Gasteiger charge is -2.14. The van der Waals surface area contributed by atoms with Crippen molar-refractivity contribution in [3.8, 4) is 0 Å². The first-order valence-corrected chi connectivity index (χ1v) is 4.44. The van der Waals surface area contributed by atoms with Crippen LogP contribution in [0, 0.1) is 5.92 Å². The van der Waals surface area contributed by atoms with Crippen LogP contribution in [-0.2, 0) is 4.79 Å². The zero-order valence-corrected chi connectivity index (χ0v) is 8.27. The van der Waals surface area contributed by atoms with Gasteiger partial charge in [-0.25, -0.2) is 0 Å². The second kappa shape index (κ2) is 4.78. The van der Waals surface area contributed by atoms with Crippen LogP contribution in [-0.4, -0.2) is 17.1 Å². The third kappa shape index (κ3) is 4.43. The van der Waals surface area contributed by atoms with Crippen molar-refractivity contribution in [3.05, 3.63) is 0 Å². The zero-order chi connectivity index (χ0) is 9.02. The van der Waals surface area contributed by atoms with Crippen molar-refractivity contribution < 1.29 is 4.79 Å². The first-order valence-electron chi connectivity index (χ1n) is 3.92. The molecule has 66 valence electrons. The van der Waals surface area contributed by atoms with Gasteiger partial charge >= 0.3 is 0 Å². The van der Waals surface area contributed by atoms with Gasteiger partial charge in [-0.1, -0.05) is 13.8 Å². The summed E-state index contributed by atoms with van der Waals surface area (Å²) in [7, 11) is 0. The molecular formula is C8H17NOS. The molecule has 1 unspecified atom stereocenters. The fourth-order valence-corrected chi connectivity index (χ4v) is 1.13. The van der Waals surface area contributed by atoms with Crippen LogP contribution in [0.25, 0.3) is 0 Å². The van der Waals surface area contributed by atoms with Gasteiger partial charge in [-0.3, -0.25) is 4.79 Å². The van der Waals surface area contributed by atoms with E-state index in [1.54, 1.807) is 6.92 Å². The first-order chi connectivity index (χ1) is 4.95. The molecule has 0 saturated heterocycles. The van der Waals surface area contributed by atoms with Gasteiger partial charge in [0.05, 0.1) is 11.3 Å². The van der Waals surface area contributed by atoms with Gasteiger partial charge in [-0.15, -0.1) is 0 Å². The number of nitrogens with two attached hydrogens (primary N) is 1. The van der Waals surface area contributed by atoms with Gasteiger partial charge in [0, 0.05) is 0 Å². The highest BCUT2D eigenvalue weighted by Gasteiger charge is 2.17. The maximum Gasteiger partial charge on any atom is 0.161 e. The van der Waals surface area contributed by atoms with E-state index in [2.05, 4.69) is 26.5 Å². The fourth-order valence-electron chi connectivity index (χ4n) is 0.934. The molecule has 0 fully saturated rings. The van der Waals surface area contributed by atoms with Crippen molar-refractivity contribution in [1.29, 1.82) is 0 Å². The lowest BCUT2D eigenvalue weighted by atomic mass is 10.00. The predicted molar refractivity (Wildman–Crippen MR) is 50.9 cm³/mol. The van der Waals surface area contributed by atoms with Gasteiger partial charge < -0.3 is 5.73 Å². The Morgan fingerprint density at radius 1 is 1.45 bits per heavy atom. The molecule has 0 bridgehead atoms. The van der Waals surface area contributed by atoms with Crippen molar-refractivity contribution in [2.24, 2.45) is 11.7 Å². The summed E-state index contributed by atoms with van der Waals surface area (Å²) in [5.41, 5.74) is 5.62. The molecule has 0 aliphatic carbocycles. The number of carbonyl (C=O) groups is 1. The SMILES string of the molecule is CC(C)C[C@@H](N)C(=O)C(C)S. The van der Waals surface area contributed by atoms with Gasteiger partial charge in [-0.05, 0) is 19.3 Å². The lowest BCUT2D eigenvalue weighted by Crippen LogP contribution is -2.36. The van der Waals surface area contributed by atoms with Crippen molar-refractivity contribution in [3.63, 3.8) is 0 Å². The van der Waals surface area contributed by atoms with Crippen molar-refractivity contribution in [1.82, 2.24) is 0 Å². The Labute approximate surface area is 74.0 Å². The Kier molecular flexibility index (Phi) is 4.77. The number of hydrogen-bond acceptors (Lipinski definition) is 3. The average molecular weight is 175 g/mol. The Morgan fingerprint density at radius 3 is 2.18 bits per heavy atom. The topological polar surface area (TPSA) is 43.1 Å². The monoisotopic (exact) mass is 175 g/mol. The van der Waals surface area contributed by atoms with Crippen molar-refractivity contribution in [2.75, 3.05) is 0 Å². The zero-order valence-electron chi connectivity index (χ0n) is 7.37. The predicted octanol–water partition coefficient (Wildman–Crippen LogP) is 1.25. The fraction of sp³-hybridized carbons (Fsp3) is 0.875. The third-order valence-electron chi connectivity index (χ3n) is 1.50. The molecule has 0 spiro atoms. The van der Waals surface area contributed by atoms with E-state index in [0.717, 1.165) is 6.42 Å². The van der Waals surface area contributed by atoms with E-state index in [1.165, 1.54) is 0 Å². The normalized spacial score (nSPS) is 16.5. The molecule has 0 heterocycles. The summed E-state index contributed by atoms with van der Waals surface area (Å²) < 4.78 is 0. The molecule has 2 N–H and O–H groups in total. The Bertz CT molecular complexity index is 134.